The maximum atomic E-state index is 5.99. The molecule has 3 heteroatoms. The summed E-state index contributed by atoms with van der Waals surface area (Å²) in [5.41, 5.74) is 0.992. The first-order valence-electron chi connectivity index (χ1n) is 5.64. The Morgan fingerprint density at radius 3 is 3.12 bits per heavy atom. The van der Waals surface area contributed by atoms with Gasteiger partial charge in [-0.2, -0.15) is 0 Å². The third-order valence-corrected chi connectivity index (χ3v) is 2.91. The summed E-state index contributed by atoms with van der Waals surface area (Å²) in [6.45, 7) is 1.99. The van der Waals surface area contributed by atoms with Crippen molar-refractivity contribution in [1.82, 2.24) is 10.3 Å². The van der Waals surface area contributed by atoms with Gasteiger partial charge >= 0.3 is 0 Å². The van der Waals surface area contributed by atoms with Crippen LogP contribution in [-0.2, 0) is 0 Å². The minimum Gasteiger partial charge on any atom is -0.488 e. The smallest absolute Gasteiger partial charge is 0.129 e. The Bertz CT molecular complexity index is 487. The van der Waals surface area contributed by atoms with Crippen LogP contribution in [0.5, 0.6) is 5.75 Å². The van der Waals surface area contributed by atoms with Crippen LogP contribution in [-0.4, -0.2) is 24.2 Å². The minimum absolute atomic E-state index is 0.297. The fraction of sp³-hybridized carbons (Fsp3) is 0.308. The van der Waals surface area contributed by atoms with Crippen LogP contribution in [0.25, 0.3) is 10.9 Å². The lowest BCUT2D eigenvalue weighted by Crippen LogP contribution is -2.19. The van der Waals surface area contributed by atoms with Crippen molar-refractivity contribution >= 4 is 10.9 Å². The van der Waals surface area contributed by atoms with E-state index < -0.39 is 0 Å². The summed E-state index contributed by atoms with van der Waals surface area (Å²) in [4.78, 5) is 4.32. The summed E-state index contributed by atoms with van der Waals surface area (Å²) >= 11 is 0. The summed E-state index contributed by atoms with van der Waals surface area (Å²) in [6.07, 6.45) is 3.19. The van der Waals surface area contributed by atoms with Crippen LogP contribution in [0.3, 0.4) is 0 Å². The minimum atomic E-state index is 0.297. The van der Waals surface area contributed by atoms with Gasteiger partial charge in [0, 0.05) is 18.1 Å². The topological polar surface area (TPSA) is 34.1 Å². The zero-order chi connectivity index (χ0) is 10.8. The lowest BCUT2D eigenvalue weighted by Gasteiger charge is -2.13. The molecule has 1 N–H and O–H groups in total. The van der Waals surface area contributed by atoms with Gasteiger partial charge in [-0.15, -0.1) is 0 Å². The number of hydrogen-bond acceptors (Lipinski definition) is 3. The Morgan fingerprint density at radius 2 is 2.25 bits per heavy atom. The number of fused-ring (bicyclic) bond motifs is 1. The van der Waals surface area contributed by atoms with E-state index in [-0.39, 0.29) is 0 Å². The Morgan fingerprint density at radius 1 is 1.25 bits per heavy atom. The van der Waals surface area contributed by atoms with E-state index in [0.29, 0.717) is 6.10 Å². The molecule has 1 aromatic heterocycles. The van der Waals surface area contributed by atoms with E-state index in [0.717, 1.165) is 36.2 Å². The summed E-state index contributed by atoms with van der Waals surface area (Å²) in [6, 6.07) is 10.0. The quantitative estimate of drug-likeness (QED) is 0.830. The molecule has 0 unspecified atom stereocenters. The van der Waals surface area contributed by atoms with E-state index in [4.69, 9.17) is 4.74 Å². The van der Waals surface area contributed by atoms with Gasteiger partial charge in [0.15, 0.2) is 0 Å². The number of benzene rings is 1. The number of pyridine rings is 1. The Balaban J connectivity index is 1.96. The molecule has 1 saturated heterocycles. The average Bonchev–Trinajstić information content (AvgIpc) is 2.82. The Kier molecular flexibility index (Phi) is 2.46. The maximum absolute atomic E-state index is 5.99. The number of nitrogens with one attached hydrogen (secondary N) is 1. The lowest BCUT2D eigenvalue weighted by molar-refractivity contribution is 0.226. The largest absolute Gasteiger partial charge is 0.488 e. The highest BCUT2D eigenvalue weighted by molar-refractivity contribution is 5.84. The molecular formula is C13H14N2O. The van der Waals surface area contributed by atoms with Crippen molar-refractivity contribution in [3.8, 4) is 5.75 Å². The number of aromatic nitrogens is 1. The van der Waals surface area contributed by atoms with Crippen molar-refractivity contribution in [2.24, 2.45) is 0 Å². The van der Waals surface area contributed by atoms with Crippen LogP contribution in [0, 0.1) is 0 Å². The highest BCUT2D eigenvalue weighted by Gasteiger charge is 2.16. The van der Waals surface area contributed by atoms with E-state index in [1.807, 2.05) is 30.5 Å². The SMILES string of the molecule is c1cc(O[C@@H]2CCNC2)c2cccnc2c1. The van der Waals surface area contributed by atoms with E-state index in [1.165, 1.54) is 0 Å². The fourth-order valence-corrected chi connectivity index (χ4v) is 2.09. The van der Waals surface area contributed by atoms with Crippen LogP contribution in [0.4, 0.5) is 0 Å². The molecule has 2 heterocycles. The van der Waals surface area contributed by atoms with Crippen molar-refractivity contribution < 1.29 is 4.74 Å². The highest BCUT2D eigenvalue weighted by atomic mass is 16.5. The third-order valence-electron chi connectivity index (χ3n) is 2.91. The Hall–Kier alpha value is -1.61. The summed E-state index contributed by atoms with van der Waals surface area (Å²) in [7, 11) is 0. The van der Waals surface area contributed by atoms with Gasteiger partial charge in [0.2, 0.25) is 0 Å². The molecule has 1 atom stereocenters. The molecule has 1 fully saturated rings. The highest BCUT2D eigenvalue weighted by Crippen LogP contribution is 2.25. The molecule has 82 valence electrons. The van der Waals surface area contributed by atoms with E-state index in [1.54, 1.807) is 0 Å². The molecule has 0 saturated carbocycles. The van der Waals surface area contributed by atoms with E-state index in [9.17, 15) is 0 Å². The fourth-order valence-electron chi connectivity index (χ4n) is 2.09. The molecule has 0 spiro atoms. The predicted molar refractivity (Wildman–Crippen MR) is 63.6 cm³/mol. The molecule has 3 nitrogen and oxygen atoms in total. The molecule has 3 rings (SSSR count). The molecule has 0 radical (unpaired) electrons. The van der Waals surface area contributed by atoms with Crippen molar-refractivity contribution in [1.29, 1.82) is 0 Å². The summed E-state index contributed by atoms with van der Waals surface area (Å²) < 4.78 is 5.99. The van der Waals surface area contributed by atoms with Gasteiger partial charge < -0.3 is 10.1 Å². The van der Waals surface area contributed by atoms with Crippen molar-refractivity contribution in [3.05, 3.63) is 36.5 Å². The van der Waals surface area contributed by atoms with Gasteiger partial charge in [-0.25, -0.2) is 0 Å². The third kappa shape index (κ3) is 1.74. The van der Waals surface area contributed by atoms with Gasteiger partial charge in [-0.3, -0.25) is 4.98 Å². The van der Waals surface area contributed by atoms with Crippen LogP contribution in [0.1, 0.15) is 6.42 Å². The van der Waals surface area contributed by atoms with Gasteiger partial charge in [-0.05, 0) is 37.2 Å². The lowest BCUT2D eigenvalue weighted by atomic mass is 10.2. The average molecular weight is 214 g/mol. The summed E-state index contributed by atoms with van der Waals surface area (Å²) in [5.74, 6) is 0.944. The number of rotatable bonds is 2. The van der Waals surface area contributed by atoms with E-state index >= 15 is 0 Å². The molecule has 1 aromatic carbocycles. The molecular weight excluding hydrogens is 200 g/mol. The first-order chi connectivity index (χ1) is 7.93. The van der Waals surface area contributed by atoms with Gasteiger partial charge in [-0.1, -0.05) is 6.07 Å². The normalized spacial score (nSPS) is 20.1. The molecule has 16 heavy (non-hydrogen) atoms. The van der Waals surface area contributed by atoms with Crippen molar-refractivity contribution in [2.45, 2.75) is 12.5 Å². The number of hydrogen-bond donors (Lipinski definition) is 1. The second-order valence-corrected chi connectivity index (χ2v) is 4.06. The first-order valence-corrected chi connectivity index (χ1v) is 5.64. The van der Waals surface area contributed by atoms with Gasteiger partial charge in [0.1, 0.15) is 11.9 Å². The zero-order valence-corrected chi connectivity index (χ0v) is 9.02. The van der Waals surface area contributed by atoms with Crippen molar-refractivity contribution in [3.63, 3.8) is 0 Å². The molecule has 0 aliphatic carbocycles. The second-order valence-electron chi connectivity index (χ2n) is 4.06. The molecule has 0 amide bonds. The molecule has 1 aliphatic rings. The van der Waals surface area contributed by atoms with Crippen LogP contribution < -0.4 is 10.1 Å². The number of ether oxygens (including phenoxy) is 1. The Labute approximate surface area is 94.5 Å². The van der Waals surface area contributed by atoms with Crippen LogP contribution in [0.2, 0.25) is 0 Å². The standard InChI is InChI=1S/C13H14N2O/c1-4-12-11(3-2-7-15-12)13(5-1)16-10-6-8-14-9-10/h1-5,7,10,14H,6,8-9H2/t10-/m1/s1. The van der Waals surface area contributed by atoms with E-state index in [2.05, 4.69) is 16.4 Å². The molecule has 1 aliphatic heterocycles. The van der Waals surface area contributed by atoms with Gasteiger partial charge in [0.05, 0.1) is 5.52 Å². The summed E-state index contributed by atoms with van der Waals surface area (Å²) in [5, 5.41) is 4.39. The van der Waals surface area contributed by atoms with Crippen LogP contribution >= 0.6 is 0 Å². The van der Waals surface area contributed by atoms with Gasteiger partial charge in [0.25, 0.3) is 0 Å². The molecule has 0 bridgehead atoms. The first kappa shape index (κ1) is 9.60. The van der Waals surface area contributed by atoms with Crippen molar-refractivity contribution in [2.75, 3.05) is 13.1 Å². The monoisotopic (exact) mass is 214 g/mol. The zero-order valence-electron chi connectivity index (χ0n) is 9.02. The predicted octanol–water partition coefficient (Wildman–Crippen LogP) is 1.98. The number of nitrogens with zero attached hydrogens (tertiary/aromatic N) is 1. The molecule has 2 aromatic rings. The maximum Gasteiger partial charge on any atom is 0.129 e. The van der Waals surface area contributed by atoms with Crippen LogP contribution in [0.15, 0.2) is 36.5 Å². The second kappa shape index (κ2) is 4.10.